The molecule has 2 saturated heterocycles. The van der Waals surface area contributed by atoms with Gasteiger partial charge in [-0.3, -0.25) is 33.6 Å². The van der Waals surface area contributed by atoms with Crippen molar-refractivity contribution in [3.63, 3.8) is 0 Å². The second-order valence-electron chi connectivity index (χ2n) is 20.7. The van der Waals surface area contributed by atoms with E-state index in [1.807, 2.05) is 34.6 Å². The fraction of sp³-hybridized carbons (Fsp3) is 0.822. The molecule has 6 rings (SSSR count). The van der Waals surface area contributed by atoms with Crippen molar-refractivity contribution in [3.8, 4) is 0 Å². The zero-order valence-electron chi connectivity index (χ0n) is 37.5. The predicted octanol–water partition coefficient (Wildman–Crippen LogP) is 4.32. The summed E-state index contributed by atoms with van der Waals surface area (Å²) in [6, 6.07) is -2.79. The predicted molar refractivity (Wildman–Crippen MR) is 233 cm³/mol. The molecule has 8 unspecified atom stereocenters. The van der Waals surface area contributed by atoms with Gasteiger partial charge in [-0.2, -0.15) is 0 Å². The van der Waals surface area contributed by atoms with Crippen LogP contribution in [0.1, 0.15) is 139 Å². The van der Waals surface area contributed by atoms with Crippen LogP contribution in [0.5, 0.6) is 0 Å². The minimum Gasteiger partial charge on any atom is -0.343 e. The average molecular weight is 842 g/mol. The maximum Gasteiger partial charge on any atom is 0.258 e. The van der Waals surface area contributed by atoms with Gasteiger partial charge in [0.15, 0.2) is 0 Å². The number of amides is 5. The van der Waals surface area contributed by atoms with E-state index < -0.39 is 56.7 Å². The SMILES string of the molecule is C=CC1CC1(NC(=O)C1CC2(CN1C(=O)C(NC(=O)C(NC(=O)C1CCCCN1C(C)C)C1CCCC1)C(C)(C)C)C(C)(C)C21CCC1)C(=O)NS(=C)(=O)N(CC)CC. The largest absolute Gasteiger partial charge is 0.343 e. The van der Waals surface area contributed by atoms with Crippen LogP contribution in [0.2, 0.25) is 0 Å². The van der Waals surface area contributed by atoms with Gasteiger partial charge in [0, 0.05) is 37.0 Å². The van der Waals surface area contributed by atoms with Crippen molar-refractivity contribution in [1.29, 1.82) is 0 Å². The number of carbonyl (C=O) groups is 5. The molecule has 2 aliphatic heterocycles. The molecular formula is C45H75N7O6S. The van der Waals surface area contributed by atoms with Gasteiger partial charge in [-0.15, -0.1) is 6.58 Å². The second-order valence-corrected chi connectivity index (χ2v) is 22.7. The van der Waals surface area contributed by atoms with E-state index in [-0.39, 0.29) is 58.4 Å². The van der Waals surface area contributed by atoms with Crippen LogP contribution in [-0.4, -0.2) is 116 Å². The monoisotopic (exact) mass is 842 g/mol. The van der Waals surface area contributed by atoms with Crippen molar-refractivity contribution in [2.75, 3.05) is 26.2 Å². The standard InChI is InChI=1S/C45H75N7O6S/c1-12-31-26-45(31,40(57)49-59(11,58)50(13-2)14-3)48-37(54)33-27-44(42(9,10)43(44)23-19-24-43)28-52(33)39(56)35(41(6,7)8)47-38(55)34(30-20-15-16-21-30)46-36(53)32-22-17-18-25-51(32)29(4)5/h12,29-35H,1,11,13-28H2,2-10H3,(H,46,53)(H,47,55)(H,48,54)(H,49,57,58). The second kappa shape index (κ2) is 16.4. The summed E-state index contributed by atoms with van der Waals surface area (Å²) in [4.78, 5) is 76.6. The van der Waals surface area contributed by atoms with Crippen LogP contribution >= 0.6 is 0 Å². The highest BCUT2D eigenvalue weighted by Gasteiger charge is 2.85. The molecule has 6 aliphatic rings. The van der Waals surface area contributed by atoms with Crippen molar-refractivity contribution in [2.45, 2.75) is 175 Å². The highest BCUT2D eigenvalue weighted by atomic mass is 32.2. The molecule has 0 radical (unpaired) electrons. The van der Waals surface area contributed by atoms with Gasteiger partial charge in [0.1, 0.15) is 33.6 Å². The van der Waals surface area contributed by atoms with Crippen LogP contribution in [0.3, 0.4) is 0 Å². The lowest BCUT2D eigenvalue weighted by Crippen LogP contribution is -2.63. The van der Waals surface area contributed by atoms with E-state index in [4.69, 9.17) is 0 Å². The third-order valence-corrected chi connectivity index (χ3v) is 18.0. The zero-order valence-corrected chi connectivity index (χ0v) is 38.4. The number of hydrogen-bond acceptors (Lipinski definition) is 7. The van der Waals surface area contributed by atoms with Gasteiger partial charge in [-0.1, -0.05) is 80.2 Å². The Labute approximate surface area is 354 Å². The molecule has 0 aromatic rings. The third kappa shape index (κ3) is 7.78. The Hall–Kier alpha value is -2.97. The molecular weight excluding hydrogens is 767 g/mol. The zero-order chi connectivity index (χ0) is 43.5. The molecule has 6 fully saturated rings. The molecule has 4 saturated carbocycles. The number of fused-ring (bicyclic) bond motifs is 1. The number of likely N-dealkylation sites (tertiary alicyclic amines) is 2. The minimum atomic E-state index is -3.17. The van der Waals surface area contributed by atoms with Crippen LogP contribution in [0.15, 0.2) is 12.7 Å². The summed E-state index contributed by atoms with van der Waals surface area (Å²) >= 11 is 0. The van der Waals surface area contributed by atoms with Crippen LogP contribution < -0.4 is 20.7 Å². The minimum absolute atomic E-state index is 0.0103. The Morgan fingerprint density at radius 1 is 0.881 bits per heavy atom. The topological polar surface area (TPSA) is 160 Å². The van der Waals surface area contributed by atoms with E-state index in [2.05, 4.69) is 65.7 Å². The Morgan fingerprint density at radius 3 is 2.02 bits per heavy atom. The van der Waals surface area contributed by atoms with E-state index in [0.29, 0.717) is 26.1 Å². The van der Waals surface area contributed by atoms with E-state index in [1.165, 1.54) is 0 Å². The van der Waals surface area contributed by atoms with Crippen molar-refractivity contribution in [3.05, 3.63) is 12.7 Å². The van der Waals surface area contributed by atoms with E-state index >= 15 is 4.79 Å². The highest BCUT2D eigenvalue weighted by molar-refractivity contribution is 7.96. The maximum absolute atomic E-state index is 15.3. The molecule has 2 spiro atoms. The molecule has 332 valence electrons. The van der Waals surface area contributed by atoms with Crippen LogP contribution in [0, 0.1) is 33.5 Å². The van der Waals surface area contributed by atoms with Gasteiger partial charge in [-0.25, -0.2) is 8.51 Å². The molecule has 5 amide bonds. The van der Waals surface area contributed by atoms with Crippen LogP contribution in [-0.2, 0) is 33.9 Å². The summed E-state index contributed by atoms with van der Waals surface area (Å²) in [5.41, 5.74) is -2.53. The molecule has 0 aromatic heterocycles. The Bertz CT molecular complexity index is 1780. The van der Waals surface area contributed by atoms with Crippen molar-refractivity contribution < 1.29 is 28.2 Å². The van der Waals surface area contributed by atoms with E-state index in [9.17, 15) is 23.4 Å². The maximum atomic E-state index is 15.3. The molecule has 8 atom stereocenters. The lowest BCUT2D eigenvalue weighted by atomic mass is 9.73. The third-order valence-electron chi connectivity index (χ3n) is 16.2. The fourth-order valence-corrected chi connectivity index (χ4v) is 13.6. The number of carbonyl (C=O) groups excluding carboxylic acids is 5. The quantitative estimate of drug-likeness (QED) is 0.141. The first-order valence-corrected chi connectivity index (χ1v) is 24.3. The fourth-order valence-electron chi connectivity index (χ4n) is 12.2. The number of piperidine rings is 1. The average Bonchev–Trinajstić information content (AvgIpc) is 3.62. The van der Waals surface area contributed by atoms with E-state index in [1.54, 1.807) is 15.3 Å². The van der Waals surface area contributed by atoms with Gasteiger partial charge in [-0.05, 0) is 99.8 Å². The Morgan fingerprint density at radius 2 is 1.51 bits per heavy atom. The molecule has 0 aromatic carbocycles. The first-order chi connectivity index (χ1) is 27.6. The Kier molecular flexibility index (Phi) is 12.6. The first-order valence-electron chi connectivity index (χ1n) is 22.6. The van der Waals surface area contributed by atoms with Crippen LogP contribution in [0.25, 0.3) is 0 Å². The molecule has 14 heteroatoms. The van der Waals surface area contributed by atoms with Crippen LogP contribution in [0.4, 0.5) is 0 Å². The molecule has 2 heterocycles. The number of rotatable bonds is 15. The summed E-state index contributed by atoms with van der Waals surface area (Å²) in [6.45, 7) is 24.1. The van der Waals surface area contributed by atoms with Gasteiger partial charge < -0.3 is 20.9 Å². The van der Waals surface area contributed by atoms with Crippen molar-refractivity contribution >= 4 is 45.3 Å². The summed E-state index contributed by atoms with van der Waals surface area (Å²) in [6.07, 6.45) is 11.8. The van der Waals surface area contributed by atoms with Gasteiger partial charge >= 0.3 is 0 Å². The number of nitrogens with one attached hydrogen (secondary N) is 4. The summed E-state index contributed by atoms with van der Waals surface area (Å²) in [5.74, 6) is 1.54. The lowest BCUT2D eigenvalue weighted by molar-refractivity contribution is -0.145. The lowest BCUT2D eigenvalue weighted by Gasteiger charge is -2.39. The number of hydrogen-bond donors (Lipinski definition) is 4. The molecule has 0 bridgehead atoms. The summed E-state index contributed by atoms with van der Waals surface area (Å²) in [5, 5.41) is 9.41. The molecule has 4 N–H and O–H groups in total. The summed E-state index contributed by atoms with van der Waals surface area (Å²) < 4.78 is 17.8. The van der Waals surface area contributed by atoms with Crippen molar-refractivity contribution in [2.24, 2.45) is 33.5 Å². The molecule has 59 heavy (non-hydrogen) atoms. The van der Waals surface area contributed by atoms with Gasteiger partial charge in [0.05, 0.1) is 6.04 Å². The molecule has 4 aliphatic carbocycles. The molecule has 13 nitrogen and oxygen atoms in total. The number of nitrogens with zero attached hydrogens (tertiary/aromatic N) is 3. The smallest absolute Gasteiger partial charge is 0.258 e. The van der Waals surface area contributed by atoms with Crippen molar-refractivity contribution in [1.82, 2.24) is 34.8 Å². The summed E-state index contributed by atoms with van der Waals surface area (Å²) in [7, 11) is -3.17. The highest BCUT2D eigenvalue weighted by Crippen LogP contribution is 2.88. The van der Waals surface area contributed by atoms with Gasteiger partial charge in [0.2, 0.25) is 23.6 Å². The normalized spacial score (nSPS) is 31.9. The first kappa shape index (κ1) is 45.6. The Balaban J connectivity index is 1.28. The van der Waals surface area contributed by atoms with E-state index in [0.717, 1.165) is 70.8 Å². The van der Waals surface area contributed by atoms with Gasteiger partial charge in [0.25, 0.3) is 5.91 Å².